The van der Waals surface area contributed by atoms with Gasteiger partial charge >= 0.3 is 0 Å². The molecule has 4 nitrogen and oxygen atoms in total. The van der Waals surface area contributed by atoms with Crippen LogP contribution < -0.4 is 5.32 Å². The summed E-state index contributed by atoms with van der Waals surface area (Å²) in [6, 6.07) is 11.6. The number of hydrogen-bond acceptors (Lipinski definition) is 3. The molecule has 110 valence electrons. The van der Waals surface area contributed by atoms with Gasteiger partial charge in [0.25, 0.3) is 5.91 Å². The fraction of sp³-hybridized carbons (Fsp3) is 0.250. The van der Waals surface area contributed by atoms with E-state index in [0.29, 0.717) is 0 Å². The lowest BCUT2D eigenvalue weighted by atomic mass is 10.1. The molecule has 0 aliphatic carbocycles. The van der Waals surface area contributed by atoms with Crippen LogP contribution in [-0.4, -0.2) is 36.4 Å². The van der Waals surface area contributed by atoms with Crippen LogP contribution in [0.15, 0.2) is 47.1 Å². The second-order valence-electron chi connectivity index (χ2n) is 4.94. The molecule has 0 bridgehead atoms. The van der Waals surface area contributed by atoms with Crippen molar-refractivity contribution < 1.29 is 4.79 Å². The van der Waals surface area contributed by atoms with Crippen LogP contribution in [0.1, 0.15) is 15.9 Å². The Morgan fingerprint density at radius 1 is 1.29 bits per heavy atom. The highest BCUT2D eigenvalue weighted by Crippen LogP contribution is 2.11. The van der Waals surface area contributed by atoms with Gasteiger partial charge in [0.2, 0.25) is 0 Å². The summed E-state index contributed by atoms with van der Waals surface area (Å²) in [5.74, 6) is 0.873. The molecule has 0 aliphatic rings. The maximum absolute atomic E-state index is 11.9. The summed E-state index contributed by atoms with van der Waals surface area (Å²) in [5.41, 5.74) is 1.85. The topological polar surface area (TPSA) is 45.2 Å². The summed E-state index contributed by atoms with van der Waals surface area (Å²) >= 11 is 3.36. The van der Waals surface area contributed by atoms with E-state index in [4.69, 9.17) is 0 Å². The van der Waals surface area contributed by atoms with Crippen molar-refractivity contribution in [3.63, 3.8) is 0 Å². The number of amides is 1. The molecule has 2 aromatic rings. The summed E-state index contributed by atoms with van der Waals surface area (Å²) in [7, 11) is 3.52. The summed E-state index contributed by atoms with van der Waals surface area (Å²) in [5, 5.41) is 3.26. The fourth-order valence-corrected chi connectivity index (χ4v) is 2.17. The molecule has 1 N–H and O–H groups in total. The quantitative estimate of drug-likeness (QED) is 0.903. The highest BCUT2D eigenvalue weighted by Gasteiger charge is 2.07. The minimum absolute atomic E-state index is 0.0272. The average molecular weight is 348 g/mol. The molecule has 0 aliphatic heterocycles. The number of pyridine rings is 1. The Morgan fingerprint density at radius 2 is 2.10 bits per heavy atom. The van der Waals surface area contributed by atoms with Crippen molar-refractivity contribution in [3.05, 3.63) is 58.2 Å². The zero-order valence-electron chi connectivity index (χ0n) is 12.1. The molecule has 1 aromatic carbocycles. The number of halogens is 1. The van der Waals surface area contributed by atoms with Crippen molar-refractivity contribution in [1.29, 1.82) is 0 Å². The normalized spacial score (nSPS) is 10.2. The van der Waals surface area contributed by atoms with Gasteiger partial charge < -0.3 is 10.2 Å². The van der Waals surface area contributed by atoms with Gasteiger partial charge in [-0.25, -0.2) is 4.98 Å². The first-order chi connectivity index (χ1) is 10.1. The summed E-state index contributed by atoms with van der Waals surface area (Å²) in [6.45, 7) is 0.772. The van der Waals surface area contributed by atoms with Gasteiger partial charge in [0.1, 0.15) is 5.82 Å². The van der Waals surface area contributed by atoms with Gasteiger partial charge in [0, 0.05) is 36.9 Å². The second-order valence-corrected chi connectivity index (χ2v) is 5.85. The van der Waals surface area contributed by atoms with Crippen molar-refractivity contribution in [2.75, 3.05) is 26.0 Å². The van der Waals surface area contributed by atoms with E-state index in [1.165, 1.54) is 0 Å². The zero-order chi connectivity index (χ0) is 15.2. The van der Waals surface area contributed by atoms with E-state index in [2.05, 4.69) is 26.2 Å². The molecule has 5 heteroatoms. The number of carbonyl (C=O) groups is 1. The van der Waals surface area contributed by atoms with Crippen LogP contribution in [0.4, 0.5) is 5.82 Å². The first kappa shape index (κ1) is 15.5. The summed E-state index contributed by atoms with van der Waals surface area (Å²) < 4.78 is 0.961. The van der Waals surface area contributed by atoms with Crippen molar-refractivity contribution in [2.24, 2.45) is 0 Å². The van der Waals surface area contributed by atoms with Gasteiger partial charge in [-0.1, -0.05) is 12.1 Å². The van der Waals surface area contributed by atoms with E-state index < -0.39 is 0 Å². The summed E-state index contributed by atoms with van der Waals surface area (Å²) in [4.78, 5) is 17.8. The van der Waals surface area contributed by atoms with Crippen molar-refractivity contribution in [3.8, 4) is 0 Å². The number of hydrogen-bond donors (Lipinski definition) is 1. The molecule has 2 rings (SSSR count). The fourth-order valence-electron chi connectivity index (χ4n) is 1.93. The van der Waals surface area contributed by atoms with E-state index in [9.17, 15) is 4.79 Å². The standard InChI is InChI=1S/C16H18BrN3O/c1-20(2)16(21)13-5-3-4-12(10-13)8-9-18-15-7-6-14(17)11-19-15/h3-7,10-11H,8-9H2,1-2H3,(H,18,19). The van der Waals surface area contributed by atoms with Crippen LogP contribution in [-0.2, 0) is 6.42 Å². The second kappa shape index (κ2) is 7.22. The minimum Gasteiger partial charge on any atom is -0.370 e. The Labute approximate surface area is 133 Å². The highest BCUT2D eigenvalue weighted by molar-refractivity contribution is 9.10. The predicted octanol–water partition coefficient (Wildman–Crippen LogP) is 3.20. The number of nitrogens with zero attached hydrogens (tertiary/aromatic N) is 2. The van der Waals surface area contributed by atoms with Crippen LogP contribution in [0.25, 0.3) is 0 Å². The lowest BCUT2D eigenvalue weighted by Crippen LogP contribution is -2.21. The van der Waals surface area contributed by atoms with Gasteiger partial charge in [-0.2, -0.15) is 0 Å². The van der Waals surface area contributed by atoms with Crippen molar-refractivity contribution >= 4 is 27.7 Å². The number of benzene rings is 1. The largest absolute Gasteiger partial charge is 0.370 e. The van der Waals surface area contributed by atoms with Gasteiger partial charge in [-0.15, -0.1) is 0 Å². The van der Waals surface area contributed by atoms with Crippen LogP contribution in [0, 0.1) is 0 Å². The van der Waals surface area contributed by atoms with E-state index in [0.717, 1.165) is 34.4 Å². The zero-order valence-corrected chi connectivity index (χ0v) is 13.7. The van der Waals surface area contributed by atoms with Crippen molar-refractivity contribution in [2.45, 2.75) is 6.42 Å². The molecule has 0 radical (unpaired) electrons. The molecule has 1 aromatic heterocycles. The van der Waals surface area contributed by atoms with Gasteiger partial charge in [-0.3, -0.25) is 4.79 Å². The maximum Gasteiger partial charge on any atom is 0.253 e. The van der Waals surface area contributed by atoms with Crippen LogP contribution >= 0.6 is 15.9 Å². The number of anilines is 1. The molecule has 1 heterocycles. The Morgan fingerprint density at radius 3 is 2.76 bits per heavy atom. The molecule has 0 unspecified atom stereocenters. The van der Waals surface area contributed by atoms with Crippen LogP contribution in [0.2, 0.25) is 0 Å². The van der Waals surface area contributed by atoms with E-state index in [1.807, 2.05) is 36.4 Å². The molecule has 21 heavy (non-hydrogen) atoms. The van der Waals surface area contributed by atoms with Crippen LogP contribution in [0.3, 0.4) is 0 Å². The number of aromatic nitrogens is 1. The number of rotatable bonds is 5. The molecular formula is C16H18BrN3O. The summed E-state index contributed by atoms with van der Waals surface area (Å²) in [6.07, 6.45) is 2.60. The monoisotopic (exact) mass is 347 g/mol. The van der Waals surface area contributed by atoms with E-state index in [1.54, 1.807) is 25.2 Å². The molecule has 0 saturated heterocycles. The molecular weight excluding hydrogens is 330 g/mol. The molecule has 0 spiro atoms. The third-order valence-electron chi connectivity index (χ3n) is 3.03. The maximum atomic E-state index is 11.9. The molecule has 0 saturated carbocycles. The Bertz CT molecular complexity index is 611. The minimum atomic E-state index is 0.0272. The van der Waals surface area contributed by atoms with Crippen LogP contribution in [0.5, 0.6) is 0 Å². The van der Waals surface area contributed by atoms with Gasteiger partial charge in [-0.05, 0) is 52.2 Å². The molecule has 1 amide bonds. The SMILES string of the molecule is CN(C)C(=O)c1cccc(CCNc2ccc(Br)cn2)c1. The average Bonchev–Trinajstić information content (AvgIpc) is 2.49. The highest BCUT2D eigenvalue weighted by atomic mass is 79.9. The Balaban J connectivity index is 1.93. The van der Waals surface area contributed by atoms with Crippen molar-refractivity contribution in [1.82, 2.24) is 9.88 Å². The van der Waals surface area contributed by atoms with Gasteiger partial charge in [0.15, 0.2) is 0 Å². The number of nitrogens with one attached hydrogen (secondary N) is 1. The Hall–Kier alpha value is -1.88. The third kappa shape index (κ3) is 4.56. The van der Waals surface area contributed by atoms with E-state index >= 15 is 0 Å². The molecule has 0 fully saturated rings. The molecule has 0 atom stereocenters. The first-order valence-electron chi connectivity index (χ1n) is 6.72. The predicted molar refractivity (Wildman–Crippen MR) is 88.6 cm³/mol. The smallest absolute Gasteiger partial charge is 0.253 e. The first-order valence-corrected chi connectivity index (χ1v) is 7.51. The lowest BCUT2D eigenvalue weighted by Gasteiger charge is -2.11. The Kier molecular flexibility index (Phi) is 5.33. The lowest BCUT2D eigenvalue weighted by molar-refractivity contribution is 0.0827. The number of carbonyl (C=O) groups excluding carboxylic acids is 1. The van der Waals surface area contributed by atoms with Gasteiger partial charge in [0.05, 0.1) is 0 Å². The van der Waals surface area contributed by atoms with E-state index in [-0.39, 0.29) is 5.91 Å². The third-order valence-corrected chi connectivity index (χ3v) is 3.50.